The largest absolute Gasteiger partial charge is 0.469 e. The van der Waals surface area contributed by atoms with Crippen LogP contribution >= 0.6 is 0 Å². The Morgan fingerprint density at radius 2 is 2.44 bits per heavy atom. The van der Waals surface area contributed by atoms with E-state index in [0.29, 0.717) is 11.9 Å². The Labute approximate surface area is 93.6 Å². The lowest BCUT2D eigenvalue weighted by Gasteiger charge is -2.17. The van der Waals surface area contributed by atoms with Crippen molar-refractivity contribution in [1.29, 1.82) is 0 Å². The molecule has 1 aliphatic heterocycles. The second-order valence-corrected chi connectivity index (χ2v) is 3.51. The number of nitrogens with zero attached hydrogens (tertiary/aromatic N) is 2. The maximum atomic E-state index is 5.58. The second-order valence-electron chi connectivity index (χ2n) is 3.51. The maximum absolute atomic E-state index is 5.58. The molecule has 1 atom stereocenters. The molecule has 0 radical (unpaired) electrons. The monoisotopic (exact) mass is 221 g/mol. The van der Waals surface area contributed by atoms with Gasteiger partial charge in [0.25, 0.3) is 0 Å². The van der Waals surface area contributed by atoms with Gasteiger partial charge >= 0.3 is 0 Å². The van der Waals surface area contributed by atoms with Crippen molar-refractivity contribution in [1.82, 2.24) is 10.6 Å². The number of nitrogens with two attached hydrogens (primary N) is 1. The van der Waals surface area contributed by atoms with E-state index in [1.165, 1.54) is 0 Å². The first kappa shape index (κ1) is 10.5. The smallest absolute Gasteiger partial charge is 0.200 e. The van der Waals surface area contributed by atoms with Gasteiger partial charge in [0.1, 0.15) is 11.9 Å². The van der Waals surface area contributed by atoms with Crippen LogP contribution in [0.1, 0.15) is 12.7 Å². The Morgan fingerprint density at radius 3 is 3.12 bits per heavy atom. The minimum atomic E-state index is -0.132. The van der Waals surface area contributed by atoms with E-state index in [9.17, 15) is 0 Å². The van der Waals surface area contributed by atoms with Crippen LogP contribution in [0.4, 0.5) is 0 Å². The molecular weight excluding hydrogens is 206 g/mol. The average Bonchev–Trinajstić information content (AvgIpc) is 2.69. The van der Waals surface area contributed by atoms with Crippen LogP contribution in [-0.2, 0) is 6.42 Å². The summed E-state index contributed by atoms with van der Waals surface area (Å²) in [7, 11) is 0. The van der Waals surface area contributed by atoms with E-state index in [-0.39, 0.29) is 6.17 Å². The van der Waals surface area contributed by atoms with Crippen LogP contribution in [0.3, 0.4) is 0 Å². The summed E-state index contributed by atoms with van der Waals surface area (Å²) in [5.74, 6) is 1.99. The third kappa shape index (κ3) is 2.75. The first-order chi connectivity index (χ1) is 7.74. The molecule has 0 aromatic carbocycles. The quantitative estimate of drug-likeness (QED) is 0.672. The number of guanidine groups is 2. The number of nitrogens with one attached hydrogen (secondary N) is 2. The average molecular weight is 221 g/mol. The summed E-state index contributed by atoms with van der Waals surface area (Å²) in [6.45, 7) is 2.61. The molecule has 6 nitrogen and oxygen atoms in total. The van der Waals surface area contributed by atoms with E-state index in [4.69, 9.17) is 10.2 Å². The third-order valence-corrected chi connectivity index (χ3v) is 2.13. The highest BCUT2D eigenvalue weighted by molar-refractivity contribution is 5.99. The standard InChI is InChI=1S/C10H15N5O/c1-7-13-9(11)15-10(14-7)12-5-4-8-3-2-6-16-8/h2-3,6-7H,4-5H2,1H3,(H4,11,12,13,14,15). The highest BCUT2D eigenvalue weighted by Gasteiger charge is 2.09. The summed E-state index contributed by atoms with van der Waals surface area (Å²) in [4.78, 5) is 8.28. The first-order valence-corrected chi connectivity index (χ1v) is 5.18. The van der Waals surface area contributed by atoms with Gasteiger partial charge in [0, 0.05) is 13.0 Å². The number of furan rings is 1. The zero-order valence-corrected chi connectivity index (χ0v) is 9.10. The lowest BCUT2D eigenvalue weighted by Crippen LogP contribution is -2.48. The molecule has 0 spiro atoms. The summed E-state index contributed by atoms with van der Waals surface area (Å²) in [6.07, 6.45) is 2.34. The molecule has 1 aromatic rings. The molecule has 0 fully saturated rings. The molecule has 1 aromatic heterocycles. The molecule has 4 N–H and O–H groups in total. The van der Waals surface area contributed by atoms with E-state index >= 15 is 0 Å². The summed E-state index contributed by atoms with van der Waals surface area (Å²) in [6, 6.07) is 3.81. The Balaban J connectivity index is 1.78. The Hall–Kier alpha value is -1.98. The predicted molar refractivity (Wildman–Crippen MR) is 62.1 cm³/mol. The van der Waals surface area contributed by atoms with Crippen molar-refractivity contribution in [2.24, 2.45) is 15.7 Å². The Bertz CT molecular complexity index is 395. The second kappa shape index (κ2) is 4.69. The van der Waals surface area contributed by atoms with Crippen molar-refractivity contribution in [2.75, 3.05) is 6.54 Å². The van der Waals surface area contributed by atoms with E-state index < -0.39 is 0 Å². The summed E-state index contributed by atoms with van der Waals surface area (Å²) in [5, 5.41) is 6.00. The van der Waals surface area contributed by atoms with Gasteiger partial charge in [0.05, 0.1) is 6.26 Å². The van der Waals surface area contributed by atoms with Crippen LogP contribution in [0.2, 0.25) is 0 Å². The third-order valence-electron chi connectivity index (χ3n) is 2.13. The van der Waals surface area contributed by atoms with Gasteiger partial charge in [0.2, 0.25) is 0 Å². The van der Waals surface area contributed by atoms with E-state index in [1.54, 1.807) is 6.26 Å². The molecule has 2 heterocycles. The number of hydrogen-bond donors (Lipinski definition) is 3. The van der Waals surface area contributed by atoms with Crippen molar-refractivity contribution in [3.8, 4) is 0 Å². The van der Waals surface area contributed by atoms with E-state index in [2.05, 4.69) is 20.6 Å². The first-order valence-electron chi connectivity index (χ1n) is 5.18. The van der Waals surface area contributed by atoms with Crippen molar-refractivity contribution in [3.05, 3.63) is 24.2 Å². The Kier molecular flexibility index (Phi) is 3.09. The Morgan fingerprint density at radius 1 is 1.56 bits per heavy atom. The zero-order valence-electron chi connectivity index (χ0n) is 9.10. The maximum Gasteiger partial charge on any atom is 0.200 e. The molecule has 1 aliphatic rings. The van der Waals surface area contributed by atoms with Crippen LogP contribution in [0.5, 0.6) is 0 Å². The molecule has 2 rings (SSSR count). The topological polar surface area (TPSA) is 87.9 Å². The zero-order chi connectivity index (χ0) is 11.4. The summed E-state index contributed by atoms with van der Waals surface area (Å²) >= 11 is 0. The highest BCUT2D eigenvalue weighted by atomic mass is 16.3. The van der Waals surface area contributed by atoms with Gasteiger partial charge in [-0.05, 0) is 19.1 Å². The molecule has 0 saturated heterocycles. The normalized spacial score (nSPS) is 19.7. The van der Waals surface area contributed by atoms with Crippen molar-refractivity contribution in [3.63, 3.8) is 0 Å². The van der Waals surface area contributed by atoms with Crippen LogP contribution < -0.4 is 16.4 Å². The van der Waals surface area contributed by atoms with Gasteiger partial charge < -0.3 is 15.5 Å². The SMILES string of the molecule is CC1N=C(N)NC(NCCc2ccco2)=N1. The highest BCUT2D eigenvalue weighted by Crippen LogP contribution is 2.00. The summed E-state index contributed by atoms with van der Waals surface area (Å²) < 4.78 is 5.22. The van der Waals surface area contributed by atoms with Gasteiger partial charge in [-0.25, -0.2) is 9.98 Å². The fraction of sp³-hybridized carbons (Fsp3) is 0.400. The fourth-order valence-electron chi connectivity index (χ4n) is 1.45. The van der Waals surface area contributed by atoms with Gasteiger partial charge in [-0.15, -0.1) is 0 Å². The minimum absolute atomic E-state index is 0.132. The number of hydrogen-bond acceptors (Lipinski definition) is 6. The lowest BCUT2D eigenvalue weighted by molar-refractivity contribution is 0.507. The van der Waals surface area contributed by atoms with Gasteiger partial charge in [0.15, 0.2) is 11.9 Å². The van der Waals surface area contributed by atoms with Crippen molar-refractivity contribution >= 4 is 11.9 Å². The minimum Gasteiger partial charge on any atom is -0.469 e. The molecule has 0 amide bonds. The predicted octanol–water partition coefficient (Wildman–Crippen LogP) is 0.0316. The molecule has 0 saturated carbocycles. The summed E-state index contributed by atoms with van der Waals surface area (Å²) in [5.41, 5.74) is 5.58. The molecule has 16 heavy (non-hydrogen) atoms. The van der Waals surface area contributed by atoms with Crippen molar-refractivity contribution < 1.29 is 4.42 Å². The molecule has 0 bridgehead atoms. The number of rotatable bonds is 3. The van der Waals surface area contributed by atoms with E-state index in [0.717, 1.165) is 18.7 Å². The van der Waals surface area contributed by atoms with Crippen LogP contribution in [0.25, 0.3) is 0 Å². The number of aliphatic imine (C=N–C) groups is 2. The van der Waals surface area contributed by atoms with Crippen molar-refractivity contribution in [2.45, 2.75) is 19.5 Å². The lowest BCUT2D eigenvalue weighted by atomic mass is 10.3. The van der Waals surface area contributed by atoms with Crippen LogP contribution in [0.15, 0.2) is 32.8 Å². The van der Waals surface area contributed by atoms with Gasteiger partial charge in [-0.3, -0.25) is 5.32 Å². The molecule has 1 unspecified atom stereocenters. The molecule has 86 valence electrons. The van der Waals surface area contributed by atoms with Gasteiger partial charge in [-0.1, -0.05) is 0 Å². The van der Waals surface area contributed by atoms with E-state index in [1.807, 2.05) is 19.1 Å². The molecule has 6 heteroatoms. The fourth-order valence-corrected chi connectivity index (χ4v) is 1.45. The molecular formula is C10H15N5O. The molecule has 0 aliphatic carbocycles. The van der Waals surface area contributed by atoms with Crippen LogP contribution in [-0.4, -0.2) is 24.6 Å². The van der Waals surface area contributed by atoms with Gasteiger partial charge in [-0.2, -0.15) is 0 Å². The van der Waals surface area contributed by atoms with Crippen LogP contribution in [0, 0.1) is 0 Å².